The largest absolute Gasteiger partial charge is 0.435 e. The van der Waals surface area contributed by atoms with Gasteiger partial charge in [-0.3, -0.25) is 9.48 Å². The molecule has 0 atom stereocenters. The molecule has 1 amide bonds. The maximum absolute atomic E-state index is 12.1. The van der Waals surface area contributed by atoms with Crippen molar-refractivity contribution in [3.63, 3.8) is 0 Å². The number of hydrogen-bond donors (Lipinski definition) is 1. The number of aromatic nitrogens is 2. The van der Waals surface area contributed by atoms with Crippen LogP contribution in [0.25, 0.3) is 0 Å². The summed E-state index contributed by atoms with van der Waals surface area (Å²) in [6.07, 6.45) is -3.13. The maximum Gasteiger partial charge on any atom is 0.435 e. The van der Waals surface area contributed by atoms with E-state index in [1.165, 1.54) is 13.2 Å². The lowest BCUT2D eigenvalue weighted by Gasteiger charge is -2.02. The Labute approximate surface area is 84.1 Å². The van der Waals surface area contributed by atoms with Crippen molar-refractivity contribution >= 4 is 5.91 Å². The molecule has 1 aromatic heterocycles. The summed E-state index contributed by atoms with van der Waals surface area (Å²) in [5, 5.41) is 5.67. The summed E-state index contributed by atoms with van der Waals surface area (Å²) >= 11 is 0. The molecule has 1 rings (SSSR count). The molecule has 7 heteroatoms. The average molecular weight is 221 g/mol. The van der Waals surface area contributed by atoms with Gasteiger partial charge in [-0.2, -0.15) is 18.3 Å². The zero-order valence-corrected chi connectivity index (χ0v) is 8.01. The molecule has 0 aliphatic heterocycles. The molecule has 0 spiro atoms. The zero-order chi connectivity index (χ0) is 11.5. The van der Waals surface area contributed by atoms with Crippen molar-refractivity contribution in [1.82, 2.24) is 15.1 Å². The third-order valence-corrected chi connectivity index (χ3v) is 1.78. The van der Waals surface area contributed by atoms with E-state index < -0.39 is 11.9 Å². The minimum absolute atomic E-state index is 0.107. The van der Waals surface area contributed by atoms with Crippen molar-refractivity contribution in [3.05, 3.63) is 18.0 Å². The van der Waals surface area contributed by atoms with E-state index in [1.54, 1.807) is 0 Å². The highest BCUT2D eigenvalue weighted by molar-refractivity contribution is 5.75. The molecular formula is C8H10F3N3O. The Balaban J connectivity index is 2.58. The van der Waals surface area contributed by atoms with Gasteiger partial charge < -0.3 is 5.32 Å². The summed E-state index contributed by atoms with van der Waals surface area (Å²) in [7, 11) is 1.46. The molecule has 4 nitrogen and oxygen atoms in total. The smallest absolute Gasteiger partial charge is 0.359 e. The zero-order valence-electron chi connectivity index (χ0n) is 8.01. The van der Waals surface area contributed by atoms with Crippen LogP contribution in [0.3, 0.4) is 0 Å². The van der Waals surface area contributed by atoms with Gasteiger partial charge in [-0.1, -0.05) is 0 Å². The molecule has 1 aromatic rings. The Morgan fingerprint density at radius 1 is 1.60 bits per heavy atom. The van der Waals surface area contributed by atoms with Gasteiger partial charge in [0.25, 0.3) is 0 Å². The van der Waals surface area contributed by atoms with Crippen molar-refractivity contribution in [2.75, 3.05) is 7.05 Å². The molecule has 0 aliphatic carbocycles. The number of amides is 1. The molecule has 0 aliphatic rings. The van der Waals surface area contributed by atoms with Gasteiger partial charge in [0, 0.05) is 26.2 Å². The third kappa shape index (κ3) is 3.26. The number of carbonyl (C=O) groups excluding carboxylic acids is 1. The fraction of sp³-hybridized carbons (Fsp3) is 0.500. The Morgan fingerprint density at radius 3 is 2.73 bits per heavy atom. The molecule has 0 saturated carbocycles. The van der Waals surface area contributed by atoms with Gasteiger partial charge in [-0.15, -0.1) is 0 Å². The van der Waals surface area contributed by atoms with Gasteiger partial charge in [0.05, 0.1) is 0 Å². The van der Waals surface area contributed by atoms with Gasteiger partial charge in [0.15, 0.2) is 5.69 Å². The van der Waals surface area contributed by atoms with E-state index >= 15 is 0 Å². The lowest BCUT2D eigenvalue weighted by molar-refractivity contribution is -0.141. The Morgan fingerprint density at radius 2 is 2.27 bits per heavy atom. The second-order valence-corrected chi connectivity index (χ2v) is 2.88. The van der Waals surface area contributed by atoms with Crippen molar-refractivity contribution in [1.29, 1.82) is 0 Å². The molecule has 1 heterocycles. The minimum Gasteiger partial charge on any atom is -0.359 e. The monoisotopic (exact) mass is 221 g/mol. The maximum atomic E-state index is 12.1. The molecule has 0 saturated heterocycles. The van der Waals surface area contributed by atoms with Gasteiger partial charge in [0.1, 0.15) is 0 Å². The number of rotatable bonds is 3. The van der Waals surface area contributed by atoms with Crippen LogP contribution in [0.15, 0.2) is 12.3 Å². The first-order chi connectivity index (χ1) is 6.93. The van der Waals surface area contributed by atoms with Crippen LogP contribution in [-0.2, 0) is 17.5 Å². The molecule has 0 fully saturated rings. The highest BCUT2D eigenvalue weighted by Gasteiger charge is 2.33. The first kappa shape index (κ1) is 11.5. The van der Waals surface area contributed by atoms with Crippen LogP contribution >= 0.6 is 0 Å². The molecule has 0 bridgehead atoms. The first-order valence-corrected chi connectivity index (χ1v) is 4.24. The van der Waals surface area contributed by atoms with E-state index in [0.29, 0.717) is 0 Å². The van der Waals surface area contributed by atoms with Crippen LogP contribution in [0.2, 0.25) is 0 Å². The Bertz CT molecular complexity index is 345. The lowest BCUT2D eigenvalue weighted by atomic mass is 10.4. The summed E-state index contributed by atoms with van der Waals surface area (Å²) in [5.74, 6) is -0.237. The minimum atomic E-state index is -4.43. The van der Waals surface area contributed by atoms with E-state index in [-0.39, 0.29) is 18.9 Å². The fourth-order valence-electron chi connectivity index (χ4n) is 0.979. The Kier molecular flexibility index (Phi) is 3.33. The van der Waals surface area contributed by atoms with E-state index in [4.69, 9.17) is 0 Å². The SMILES string of the molecule is CNC(=O)CCn1ccc(C(F)(F)F)n1. The van der Waals surface area contributed by atoms with Crippen LogP contribution in [0.4, 0.5) is 13.2 Å². The predicted molar refractivity (Wildman–Crippen MR) is 45.9 cm³/mol. The van der Waals surface area contributed by atoms with E-state index in [2.05, 4.69) is 10.4 Å². The molecule has 0 radical (unpaired) electrons. The van der Waals surface area contributed by atoms with Crippen molar-refractivity contribution in [2.45, 2.75) is 19.1 Å². The summed E-state index contributed by atoms with van der Waals surface area (Å²) in [6.45, 7) is 0.135. The first-order valence-electron chi connectivity index (χ1n) is 4.24. The average Bonchev–Trinajstić information content (AvgIpc) is 2.61. The van der Waals surface area contributed by atoms with Gasteiger partial charge in [-0.25, -0.2) is 0 Å². The number of carbonyl (C=O) groups is 1. The standard InChI is InChI=1S/C8H10F3N3O/c1-12-7(15)3-5-14-4-2-6(13-14)8(9,10)11/h2,4H,3,5H2,1H3,(H,12,15). The summed E-state index contributed by atoms with van der Waals surface area (Å²) in [4.78, 5) is 10.8. The van der Waals surface area contributed by atoms with E-state index in [9.17, 15) is 18.0 Å². The van der Waals surface area contributed by atoms with Crippen LogP contribution in [0.5, 0.6) is 0 Å². The second kappa shape index (κ2) is 4.33. The second-order valence-electron chi connectivity index (χ2n) is 2.88. The molecule has 84 valence electrons. The quantitative estimate of drug-likeness (QED) is 0.828. The van der Waals surface area contributed by atoms with Crippen LogP contribution in [0.1, 0.15) is 12.1 Å². The lowest BCUT2D eigenvalue weighted by Crippen LogP contribution is -2.19. The van der Waals surface area contributed by atoms with Crippen LogP contribution in [-0.4, -0.2) is 22.7 Å². The fourth-order valence-corrected chi connectivity index (χ4v) is 0.979. The number of halogens is 3. The molecule has 0 aromatic carbocycles. The summed E-state index contributed by atoms with van der Waals surface area (Å²) in [5.41, 5.74) is -0.945. The number of nitrogens with zero attached hydrogens (tertiary/aromatic N) is 2. The van der Waals surface area contributed by atoms with Gasteiger partial charge in [0.2, 0.25) is 5.91 Å². The third-order valence-electron chi connectivity index (χ3n) is 1.78. The van der Waals surface area contributed by atoms with Gasteiger partial charge in [-0.05, 0) is 6.07 Å². The number of aryl methyl sites for hydroxylation is 1. The topological polar surface area (TPSA) is 46.9 Å². The normalized spacial score (nSPS) is 11.5. The molecule has 0 unspecified atom stereocenters. The number of nitrogens with one attached hydrogen (secondary N) is 1. The predicted octanol–water partition coefficient (Wildman–Crippen LogP) is 1.04. The van der Waals surface area contributed by atoms with Crippen LogP contribution < -0.4 is 5.32 Å². The van der Waals surface area contributed by atoms with Crippen LogP contribution in [0, 0.1) is 0 Å². The highest BCUT2D eigenvalue weighted by Crippen LogP contribution is 2.27. The number of hydrogen-bond acceptors (Lipinski definition) is 2. The van der Waals surface area contributed by atoms with Crippen molar-refractivity contribution in [3.8, 4) is 0 Å². The Hall–Kier alpha value is -1.53. The summed E-state index contributed by atoms with van der Waals surface area (Å²) in [6, 6.07) is 0.879. The van der Waals surface area contributed by atoms with Gasteiger partial charge >= 0.3 is 6.18 Å². The van der Waals surface area contributed by atoms with E-state index in [1.807, 2.05) is 0 Å². The highest BCUT2D eigenvalue weighted by atomic mass is 19.4. The molecule has 1 N–H and O–H groups in total. The van der Waals surface area contributed by atoms with E-state index in [0.717, 1.165) is 10.7 Å². The summed E-state index contributed by atoms with van der Waals surface area (Å²) < 4.78 is 37.4. The molecular weight excluding hydrogens is 211 g/mol. The van der Waals surface area contributed by atoms with Crippen molar-refractivity contribution in [2.24, 2.45) is 0 Å². The van der Waals surface area contributed by atoms with Crippen molar-refractivity contribution < 1.29 is 18.0 Å². The number of alkyl halides is 3. The molecule has 15 heavy (non-hydrogen) atoms.